The molecule has 0 bridgehead atoms. The van der Waals surface area contributed by atoms with Crippen LogP contribution in [0.2, 0.25) is 0 Å². The summed E-state index contributed by atoms with van der Waals surface area (Å²) in [4.78, 5) is 13.0. The van der Waals surface area contributed by atoms with E-state index in [2.05, 4.69) is 21.2 Å². The second kappa shape index (κ2) is 7.78. The molecule has 0 radical (unpaired) electrons. The van der Waals surface area contributed by atoms with Crippen LogP contribution in [0.4, 0.5) is 0 Å². The molecule has 1 aromatic heterocycles. The number of carbonyl (C=O) groups is 1. The van der Waals surface area contributed by atoms with Crippen molar-refractivity contribution in [3.05, 3.63) is 56.7 Å². The lowest BCUT2D eigenvalue weighted by molar-refractivity contribution is -0.0680. The number of ether oxygens (including phenoxy) is 1. The topological polar surface area (TPSA) is 58.6 Å². The van der Waals surface area contributed by atoms with Crippen molar-refractivity contribution in [1.82, 2.24) is 5.32 Å². The molecule has 3 rings (SSSR count). The smallest absolute Gasteiger partial charge is 0.261 e. The minimum absolute atomic E-state index is 0.0593. The maximum atomic E-state index is 12.4. The van der Waals surface area contributed by atoms with E-state index in [1.54, 1.807) is 6.07 Å². The van der Waals surface area contributed by atoms with Gasteiger partial charge in [-0.1, -0.05) is 30.3 Å². The number of hydrogen-bond acceptors (Lipinski definition) is 4. The molecule has 1 aliphatic heterocycles. The van der Waals surface area contributed by atoms with Crippen LogP contribution in [-0.4, -0.2) is 30.8 Å². The van der Waals surface area contributed by atoms with Gasteiger partial charge in [0.25, 0.3) is 5.91 Å². The Hall–Kier alpha value is -1.21. The minimum atomic E-state index is -1.09. The molecular formula is C18H20BrNO3S. The van der Waals surface area contributed by atoms with E-state index in [9.17, 15) is 9.90 Å². The highest BCUT2D eigenvalue weighted by Crippen LogP contribution is 2.35. The summed E-state index contributed by atoms with van der Waals surface area (Å²) in [5.74, 6) is -0.101. The van der Waals surface area contributed by atoms with E-state index < -0.39 is 5.60 Å². The van der Waals surface area contributed by atoms with Gasteiger partial charge >= 0.3 is 0 Å². The molecule has 1 aromatic carbocycles. The molecule has 2 heterocycles. The van der Waals surface area contributed by atoms with Gasteiger partial charge in [0.1, 0.15) is 5.60 Å². The molecule has 2 N–H and O–H groups in total. The van der Waals surface area contributed by atoms with Crippen LogP contribution in [0.1, 0.15) is 28.1 Å². The summed E-state index contributed by atoms with van der Waals surface area (Å²) in [6.07, 6.45) is 1.57. The predicted octanol–water partition coefficient (Wildman–Crippen LogP) is 3.55. The normalized spacial score (nSPS) is 18.1. The summed E-state index contributed by atoms with van der Waals surface area (Å²) in [6.45, 7) is 1.48. The van der Waals surface area contributed by atoms with Crippen molar-refractivity contribution in [3.8, 4) is 0 Å². The Morgan fingerprint density at radius 2 is 2.04 bits per heavy atom. The molecule has 1 amide bonds. The SMILES string of the molecule is O=C(NC[C@](O)(c1ccccc1)C1CCOCC1)c1cc(Br)cs1. The number of halogens is 1. The molecule has 1 fully saturated rings. The van der Waals surface area contributed by atoms with Crippen LogP contribution < -0.4 is 5.32 Å². The molecule has 2 aromatic rings. The molecular weight excluding hydrogens is 390 g/mol. The predicted molar refractivity (Wildman–Crippen MR) is 98.2 cm³/mol. The summed E-state index contributed by atoms with van der Waals surface area (Å²) < 4.78 is 6.32. The van der Waals surface area contributed by atoms with Crippen molar-refractivity contribution < 1.29 is 14.6 Å². The van der Waals surface area contributed by atoms with E-state index in [4.69, 9.17) is 4.74 Å². The van der Waals surface area contributed by atoms with Crippen molar-refractivity contribution in [3.63, 3.8) is 0 Å². The zero-order valence-electron chi connectivity index (χ0n) is 13.2. The third kappa shape index (κ3) is 3.88. The van der Waals surface area contributed by atoms with Gasteiger partial charge in [0, 0.05) is 23.1 Å². The summed E-state index contributed by atoms with van der Waals surface area (Å²) >= 11 is 4.74. The highest BCUT2D eigenvalue weighted by molar-refractivity contribution is 9.10. The largest absolute Gasteiger partial charge is 0.383 e. The molecule has 6 heteroatoms. The molecule has 0 aliphatic carbocycles. The molecule has 0 spiro atoms. The number of hydrogen-bond donors (Lipinski definition) is 2. The Kier molecular flexibility index (Phi) is 5.71. The Morgan fingerprint density at radius 3 is 2.67 bits per heavy atom. The first-order valence-electron chi connectivity index (χ1n) is 7.97. The molecule has 1 atom stereocenters. The molecule has 1 aliphatic rings. The first kappa shape index (κ1) is 17.6. The number of amides is 1. The van der Waals surface area contributed by atoms with Gasteiger partial charge in [0.05, 0.1) is 11.4 Å². The van der Waals surface area contributed by atoms with E-state index in [-0.39, 0.29) is 18.4 Å². The lowest BCUT2D eigenvalue weighted by Crippen LogP contribution is -2.47. The van der Waals surface area contributed by atoms with E-state index in [1.165, 1.54) is 11.3 Å². The van der Waals surface area contributed by atoms with Gasteiger partial charge in [-0.15, -0.1) is 11.3 Å². The van der Waals surface area contributed by atoms with E-state index in [0.29, 0.717) is 18.1 Å². The summed E-state index contributed by atoms with van der Waals surface area (Å²) in [7, 11) is 0. The van der Waals surface area contributed by atoms with Crippen LogP contribution in [0.3, 0.4) is 0 Å². The number of thiophene rings is 1. The number of rotatable bonds is 5. The average Bonchev–Trinajstić information content (AvgIpc) is 3.07. The number of nitrogens with one attached hydrogen (secondary N) is 1. The van der Waals surface area contributed by atoms with Crippen LogP contribution in [0.25, 0.3) is 0 Å². The van der Waals surface area contributed by atoms with Gasteiger partial charge < -0.3 is 15.2 Å². The fourth-order valence-electron chi connectivity index (χ4n) is 3.12. The van der Waals surface area contributed by atoms with E-state index in [0.717, 1.165) is 22.9 Å². The quantitative estimate of drug-likeness (QED) is 0.793. The standard InChI is InChI=1S/C18H20BrNO3S/c19-15-10-16(24-11-15)17(21)20-12-18(22,13-4-2-1-3-5-13)14-6-8-23-9-7-14/h1-5,10-11,14,22H,6-9,12H2,(H,20,21)/t18-/m0/s1. The van der Waals surface area contributed by atoms with E-state index >= 15 is 0 Å². The lowest BCUT2D eigenvalue weighted by atomic mass is 9.77. The zero-order chi connectivity index (χ0) is 17.0. The molecule has 1 saturated heterocycles. The molecule has 128 valence electrons. The number of aliphatic hydroxyl groups is 1. The first-order valence-corrected chi connectivity index (χ1v) is 9.65. The van der Waals surface area contributed by atoms with Gasteiger partial charge in [0.15, 0.2) is 0 Å². The molecule has 24 heavy (non-hydrogen) atoms. The Labute approximate surface area is 154 Å². The Morgan fingerprint density at radius 1 is 1.33 bits per heavy atom. The van der Waals surface area contributed by atoms with Crippen molar-refractivity contribution in [2.45, 2.75) is 18.4 Å². The maximum Gasteiger partial charge on any atom is 0.261 e. The van der Waals surface area contributed by atoms with Gasteiger partial charge in [-0.05, 0) is 46.3 Å². The van der Waals surface area contributed by atoms with Crippen LogP contribution in [-0.2, 0) is 10.3 Å². The third-order valence-corrected chi connectivity index (χ3v) is 6.17. The maximum absolute atomic E-state index is 12.4. The zero-order valence-corrected chi connectivity index (χ0v) is 15.6. The fraction of sp³-hybridized carbons (Fsp3) is 0.389. The van der Waals surface area contributed by atoms with Crippen molar-refractivity contribution in [2.75, 3.05) is 19.8 Å². The second-order valence-electron chi connectivity index (χ2n) is 5.99. The van der Waals surface area contributed by atoms with Gasteiger partial charge in [-0.3, -0.25) is 4.79 Å². The highest BCUT2D eigenvalue weighted by atomic mass is 79.9. The molecule has 0 unspecified atom stereocenters. The summed E-state index contributed by atoms with van der Waals surface area (Å²) in [6, 6.07) is 11.4. The number of carbonyl (C=O) groups excluding carboxylic acids is 1. The van der Waals surface area contributed by atoms with Crippen molar-refractivity contribution >= 4 is 33.2 Å². The second-order valence-corrected chi connectivity index (χ2v) is 7.82. The molecule has 0 saturated carbocycles. The van der Waals surface area contributed by atoms with Crippen LogP contribution >= 0.6 is 27.3 Å². The fourth-order valence-corrected chi connectivity index (χ4v) is 4.46. The van der Waals surface area contributed by atoms with Gasteiger partial charge in [0.2, 0.25) is 0 Å². The Balaban J connectivity index is 1.78. The lowest BCUT2D eigenvalue weighted by Gasteiger charge is -2.39. The minimum Gasteiger partial charge on any atom is -0.383 e. The van der Waals surface area contributed by atoms with Crippen molar-refractivity contribution in [2.24, 2.45) is 5.92 Å². The first-order chi connectivity index (χ1) is 11.6. The Bertz CT molecular complexity index is 685. The summed E-state index contributed by atoms with van der Waals surface area (Å²) in [5, 5.41) is 16.2. The summed E-state index contributed by atoms with van der Waals surface area (Å²) in [5.41, 5.74) is -0.251. The third-order valence-electron chi connectivity index (χ3n) is 4.48. The van der Waals surface area contributed by atoms with Crippen LogP contribution in [0, 0.1) is 5.92 Å². The number of benzene rings is 1. The average molecular weight is 410 g/mol. The van der Waals surface area contributed by atoms with Crippen molar-refractivity contribution in [1.29, 1.82) is 0 Å². The van der Waals surface area contributed by atoms with Crippen LogP contribution in [0.15, 0.2) is 46.3 Å². The van der Waals surface area contributed by atoms with E-state index in [1.807, 2.05) is 35.7 Å². The highest BCUT2D eigenvalue weighted by Gasteiger charge is 2.39. The monoisotopic (exact) mass is 409 g/mol. The van der Waals surface area contributed by atoms with Crippen LogP contribution in [0.5, 0.6) is 0 Å². The van der Waals surface area contributed by atoms with Gasteiger partial charge in [-0.25, -0.2) is 0 Å². The van der Waals surface area contributed by atoms with Gasteiger partial charge in [-0.2, -0.15) is 0 Å². The molecule has 4 nitrogen and oxygen atoms in total.